The van der Waals surface area contributed by atoms with Gasteiger partial charge in [-0.05, 0) is 74.0 Å². The zero-order valence-corrected chi connectivity index (χ0v) is 19.3. The third-order valence-corrected chi connectivity index (χ3v) is 5.31. The maximum atomic E-state index is 13.1. The Morgan fingerprint density at radius 2 is 1.82 bits per heavy atom. The van der Waals surface area contributed by atoms with E-state index in [9.17, 15) is 18.8 Å². The van der Waals surface area contributed by atoms with Gasteiger partial charge in [0.05, 0.1) is 17.6 Å². The lowest BCUT2D eigenvalue weighted by atomic mass is 10.1. The van der Waals surface area contributed by atoms with Crippen LogP contribution < -0.4 is 9.47 Å². The van der Waals surface area contributed by atoms with Gasteiger partial charge in [-0.25, -0.2) is 4.39 Å². The Balaban J connectivity index is 1.74. The van der Waals surface area contributed by atoms with Crippen LogP contribution in [0.3, 0.4) is 0 Å². The van der Waals surface area contributed by atoms with Gasteiger partial charge in [0.15, 0.2) is 11.5 Å². The molecule has 0 aliphatic carbocycles. The van der Waals surface area contributed by atoms with Gasteiger partial charge in [-0.15, -0.1) is 0 Å². The fourth-order valence-electron chi connectivity index (χ4n) is 2.96. The van der Waals surface area contributed by atoms with Crippen LogP contribution in [0.5, 0.6) is 11.5 Å². The monoisotopic (exact) mass is 473 g/mol. The van der Waals surface area contributed by atoms with Crippen LogP contribution in [0.2, 0.25) is 0 Å². The third-order valence-electron chi connectivity index (χ3n) is 4.40. The molecule has 1 heterocycles. The minimum absolute atomic E-state index is 0.194. The number of thioether (sulfide) groups is 1. The summed E-state index contributed by atoms with van der Waals surface area (Å²) in [6, 6.07) is 11.1. The third kappa shape index (κ3) is 6.58. The molecule has 7 nitrogen and oxygen atoms in total. The number of halogens is 1. The SMILES string of the molecule is CCOc1cc(/C=C2/SC(=O)N(CC(=O)OC(C)C)C2=O)ccc1OCc1ccc(F)cc1. The number of hydrogen-bond acceptors (Lipinski definition) is 7. The maximum Gasteiger partial charge on any atom is 0.326 e. The van der Waals surface area contributed by atoms with Crippen molar-refractivity contribution in [1.82, 2.24) is 4.90 Å². The molecule has 1 aliphatic heterocycles. The molecule has 2 amide bonds. The van der Waals surface area contributed by atoms with Crippen molar-refractivity contribution in [3.05, 3.63) is 64.3 Å². The van der Waals surface area contributed by atoms with Gasteiger partial charge >= 0.3 is 5.97 Å². The van der Waals surface area contributed by atoms with E-state index in [2.05, 4.69) is 0 Å². The van der Waals surface area contributed by atoms with Gasteiger partial charge in [0.1, 0.15) is 19.0 Å². The number of imide groups is 1. The van der Waals surface area contributed by atoms with Crippen LogP contribution >= 0.6 is 11.8 Å². The van der Waals surface area contributed by atoms with Crippen molar-refractivity contribution in [2.75, 3.05) is 13.2 Å². The molecule has 0 bridgehead atoms. The predicted octanol–water partition coefficient (Wildman–Crippen LogP) is 4.79. The molecule has 174 valence electrons. The number of carbonyl (C=O) groups is 3. The van der Waals surface area contributed by atoms with Crippen LogP contribution in [0.1, 0.15) is 31.9 Å². The number of carbonyl (C=O) groups excluding carboxylic acids is 3. The van der Waals surface area contributed by atoms with E-state index in [1.165, 1.54) is 12.1 Å². The van der Waals surface area contributed by atoms with Crippen molar-refractivity contribution >= 4 is 35.0 Å². The van der Waals surface area contributed by atoms with Gasteiger partial charge in [0.25, 0.3) is 11.1 Å². The molecule has 0 radical (unpaired) electrons. The molecule has 2 aromatic carbocycles. The molecule has 2 aromatic rings. The normalized spacial score (nSPS) is 14.8. The van der Waals surface area contributed by atoms with Gasteiger partial charge in [0.2, 0.25) is 0 Å². The van der Waals surface area contributed by atoms with Crippen LogP contribution in [-0.4, -0.2) is 41.3 Å². The van der Waals surface area contributed by atoms with Crippen molar-refractivity contribution in [2.24, 2.45) is 0 Å². The highest BCUT2D eigenvalue weighted by molar-refractivity contribution is 8.18. The average molecular weight is 474 g/mol. The lowest BCUT2D eigenvalue weighted by molar-refractivity contribution is -0.149. The first-order chi connectivity index (χ1) is 15.8. The van der Waals surface area contributed by atoms with Gasteiger partial charge in [-0.2, -0.15) is 0 Å². The fraction of sp³-hybridized carbons (Fsp3) is 0.292. The Kier molecular flexibility index (Phi) is 8.11. The van der Waals surface area contributed by atoms with Crippen molar-refractivity contribution in [3.8, 4) is 11.5 Å². The second-order valence-corrected chi connectivity index (χ2v) is 8.35. The minimum atomic E-state index is -0.644. The molecule has 9 heteroatoms. The maximum absolute atomic E-state index is 13.1. The summed E-state index contributed by atoms with van der Waals surface area (Å²) in [5.41, 5.74) is 1.43. The molecule has 3 rings (SSSR count). The lowest BCUT2D eigenvalue weighted by Gasteiger charge is -2.13. The molecule has 0 N–H and O–H groups in total. The van der Waals surface area contributed by atoms with E-state index in [-0.39, 0.29) is 23.4 Å². The first kappa shape index (κ1) is 24.3. The number of hydrogen-bond donors (Lipinski definition) is 0. The van der Waals surface area contributed by atoms with Crippen LogP contribution in [0.4, 0.5) is 9.18 Å². The van der Waals surface area contributed by atoms with Crippen molar-refractivity contribution in [3.63, 3.8) is 0 Å². The first-order valence-electron chi connectivity index (χ1n) is 10.4. The zero-order chi connectivity index (χ0) is 24.0. The predicted molar refractivity (Wildman–Crippen MR) is 122 cm³/mol. The highest BCUT2D eigenvalue weighted by Crippen LogP contribution is 2.35. The average Bonchev–Trinajstić information content (AvgIpc) is 3.01. The zero-order valence-electron chi connectivity index (χ0n) is 18.5. The van der Waals surface area contributed by atoms with E-state index in [1.807, 2.05) is 6.92 Å². The largest absolute Gasteiger partial charge is 0.490 e. The van der Waals surface area contributed by atoms with Crippen molar-refractivity contribution < 1.29 is 33.0 Å². The Morgan fingerprint density at radius 3 is 2.48 bits per heavy atom. The molecule has 0 spiro atoms. The van der Waals surface area contributed by atoms with E-state index in [1.54, 1.807) is 50.3 Å². The molecule has 0 unspecified atom stereocenters. The Bertz CT molecular complexity index is 1070. The molecular weight excluding hydrogens is 449 g/mol. The van der Waals surface area contributed by atoms with E-state index < -0.39 is 23.7 Å². The molecule has 33 heavy (non-hydrogen) atoms. The minimum Gasteiger partial charge on any atom is -0.490 e. The Labute approximate surface area is 195 Å². The lowest BCUT2D eigenvalue weighted by Crippen LogP contribution is -2.35. The highest BCUT2D eigenvalue weighted by atomic mass is 32.2. The summed E-state index contributed by atoms with van der Waals surface area (Å²) in [6.07, 6.45) is 1.22. The molecular formula is C24H24FNO6S. The van der Waals surface area contributed by atoms with Gasteiger partial charge < -0.3 is 14.2 Å². The first-order valence-corrected chi connectivity index (χ1v) is 11.2. The number of benzene rings is 2. The van der Waals surface area contributed by atoms with Crippen molar-refractivity contribution in [1.29, 1.82) is 0 Å². The Hall–Kier alpha value is -3.33. The molecule has 1 aliphatic rings. The highest BCUT2D eigenvalue weighted by Gasteiger charge is 2.36. The molecule has 0 atom stereocenters. The smallest absolute Gasteiger partial charge is 0.326 e. The number of nitrogens with zero attached hydrogens (tertiary/aromatic N) is 1. The second kappa shape index (κ2) is 11.0. The van der Waals surface area contributed by atoms with Crippen LogP contribution in [0, 0.1) is 5.82 Å². The number of esters is 1. The van der Waals surface area contributed by atoms with E-state index >= 15 is 0 Å². The summed E-state index contributed by atoms with van der Waals surface area (Å²) in [5.74, 6) is -0.564. The second-order valence-electron chi connectivity index (χ2n) is 7.36. The molecule has 0 aromatic heterocycles. The summed E-state index contributed by atoms with van der Waals surface area (Å²) in [7, 11) is 0. The number of amides is 2. The van der Waals surface area contributed by atoms with E-state index in [0.29, 0.717) is 23.7 Å². The van der Waals surface area contributed by atoms with Crippen LogP contribution in [0.15, 0.2) is 47.4 Å². The Morgan fingerprint density at radius 1 is 1.09 bits per heavy atom. The molecule has 0 saturated carbocycles. The van der Waals surface area contributed by atoms with Crippen LogP contribution in [0.25, 0.3) is 6.08 Å². The number of ether oxygens (including phenoxy) is 3. The summed E-state index contributed by atoms with van der Waals surface area (Å²) in [5, 5.41) is -0.531. The van der Waals surface area contributed by atoms with Crippen LogP contribution in [-0.2, 0) is 20.9 Å². The standard InChI is InChI=1S/C24H24FNO6S/c1-4-30-20-11-17(7-10-19(20)31-14-16-5-8-18(25)9-6-16)12-21-23(28)26(24(29)33-21)13-22(27)32-15(2)3/h5-12,15H,4,13-14H2,1-3H3/b21-12+. The van der Waals surface area contributed by atoms with Gasteiger partial charge in [0, 0.05) is 0 Å². The summed E-state index contributed by atoms with van der Waals surface area (Å²) >= 11 is 0.758. The van der Waals surface area contributed by atoms with Crippen molar-refractivity contribution in [2.45, 2.75) is 33.5 Å². The quantitative estimate of drug-likeness (QED) is 0.382. The van der Waals surface area contributed by atoms with E-state index in [0.717, 1.165) is 22.2 Å². The van der Waals surface area contributed by atoms with E-state index in [4.69, 9.17) is 14.2 Å². The number of rotatable bonds is 9. The fourth-order valence-corrected chi connectivity index (χ4v) is 3.80. The summed E-state index contributed by atoms with van der Waals surface area (Å²) < 4.78 is 29.6. The topological polar surface area (TPSA) is 82.1 Å². The molecule has 1 fully saturated rings. The molecule has 1 saturated heterocycles. The van der Waals surface area contributed by atoms with Gasteiger partial charge in [-0.3, -0.25) is 19.3 Å². The summed E-state index contributed by atoms with van der Waals surface area (Å²) in [4.78, 5) is 37.8. The summed E-state index contributed by atoms with van der Waals surface area (Å²) in [6.45, 7) is 5.40. The van der Waals surface area contributed by atoms with Gasteiger partial charge in [-0.1, -0.05) is 18.2 Å².